The lowest BCUT2D eigenvalue weighted by atomic mass is 9.86. The van der Waals surface area contributed by atoms with Crippen molar-refractivity contribution in [3.63, 3.8) is 0 Å². The normalized spacial score (nSPS) is 18.6. The zero-order chi connectivity index (χ0) is 10.6. The predicted octanol–water partition coefficient (Wildman–Crippen LogP) is 1.71. The average molecular weight is 192 g/mol. The molecule has 0 saturated heterocycles. The van der Waals surface area contributed by atoms with Crippen molar-refractivity contribution in [3.8, 4) is 6.07 Å². The number of carbonyl (C=O) groups excluding carboxylic acids is 1. The molecule has 0 atom stereocenters. The highest BCUT2D eigenvalue weighted by molar-refractivity contribution is 5.85. The number of carbonyl (C=O) groups is 1. The molecule has 0 N–H and O–H groups in total. The van der Waals surface area contributed by atoms with Crippen molar-refractivity contribution in [3.05, 3.63) is 12.7 Å². The number of nitriles is 1. The highest BCUT2D eigenvalue weighted by Gasteiger charge is 2.42. The zero-order valence-electron chi connectivity index (χ0n) is 8.62. The second-order valence-corrected chi connectivity index (χ2v) is 3.88. The minimum Gasteiger partial charge on any atom is -0.341 e. The summed E-state index contributed by atoms with van der Waals surface area (Å²) >= 11 is 0. The van der Waals surface area contributed by atoms with E-state index in [0.717, 1.165) is 12.8 Å². The van der Waals surface area contributed by atoms with Crippen LogP contribution in [0.25, 0.3) is 0 Å². The van der Waals surface area contributed by atoms with Gasteiger partial charge in [-0.25, -0.2) is 0 Å². The molecule has 0 aliphatic heterocycles. The molecular formula is C11H16N2O. The summed E-state index contributed by atoms with van der Waals surface area (Å²) in [6.45, 7) is 4.10. The Bertz CT molecular complexity index is 272. The van der Waals surface area contributed by atoms with Gasteiger partial charge in [0.1, 0.15) is 5.41 Å². The summed E-state index contributed by atoms with van der Waals surface area (Å²) in [6.07, 6.45) is 5.08. The Balaban J connectivity index is 2.75. The molecule has 14 heavy (non-hydrogen) atoms. The van der Waals surface area contributed by atoms with E-state index in [2.05, 4.69) is 12.6 Å². The van der Waals surface area contributed by atoms with Crippen LogP contribution in [0.5, 0.6) is 0 Å². The molecule has 1 aliphatic carbocycles. The Morgan fingerprint density at radius 3 is 2.64 bits per heavy atom. The van der Waals surface area contributed by atoms with Gasteiger partial charge in [-0.15, -0.1) is 6.58 Å². The van der Waals surface area contributed by atoms with E-state index in [9.17, 15) is 4.79 Å². The third kappa shape index (κ3) is 1.79. The van der Waals surface area contributed by atoms with Crippen LogP contribution in [0.4, 0.5) is 0 Å². The van der Waals surface area contributed by atoms with Gasteiger partial charge < -0.3 is 4.90 Å². The molecular weight excluding hydrogens is 176 g/mol. The molecule has 1 aliphatic rings. The van der Waals surface area contributed by atoms with Crippen LogP contribution in [0.1, 0.15) is 25.7 Å². The van der Waals surface area contributed by atoms with Crippen LogP contribution in [-0.2, 0) is 4.79 Å². The van der Waals surface area contributed by atoms with E-state index in [4.69, 9.17) is 5.26 Å². The first-order valence-corrected chi connectivity index (χ1v) is 4.94. The fourth-order valence-corrected chi connectivity index (χ4v) is 1.99. The molecule has 0 aromatic carbocycles. The second kappa shape index (κ2) is 4.28. The quantitative estimate of drug-likeness (QED) is 0.639. The Labute approximate surface area is 85.0 Å². The highest BCUT2D eigenvalue weighted by atomic mass is 16.2. The van der Waals surface area contributed by atoms with Crippen LogP contribution in [0, 0.1) is 16.7 Å². The SMILES string of the molecule is C=CCN(C)C(=O)C1(C#N)CCCC1. The fourth-order valence-electron chi connectivity index (χ4n) is 1.99. The molecule has 3 heteroatoms. The largest absolute Gasteiger partial charge is 0.341 e. The lowest BCUT2D eigenvalue weighted by Gasteiger charge is -2.25. The van der Waals surface area contributed by atoms with Crippen molar-refractivity contribution in [1.82, 2.24) is 4.90 Å². The Hall–Kier alpha value is -1.30. The molecule has 0 radical (unpaired) electrons. The average Bonchev–Trinajstić information content (AvgIpc) is 2.66. The summed E-state index contributed by atoms with van der Waals surface area (Å²) in [7, 11) is 1.72. The number of likely N-dealkylation sites (N-methyl/N-ethyl adjacent to an activating group) is 1. The number of amides is 1. The van der Waals surface area contributed by atoms with Crippen LogP contribution in [-0.4, -0.2) is 24.4 Å². The molecule has 0 heterocycles. The van der Waals surface area contributed by atoms with E-state index in [1.807, 2.05) is 0 Å². The summed E-state index contributed by atoms with van der Waals surface area (Å²) in [5.41, 5.74) is -0.738. The number of hydrogen-bond donors (Lipinski definition) is 0. The molecule has 1 amide bonds. The van der Waals surface area contributed by atoms with Gasteiger partial charge in [0.15, 0.2) is 0 Å². The first-order chi connectivity index (χ1) is 6.66. The van der Waals surface area contributed by atoms with E-state index in [-0.39, 0.29) is 5.91 Å². The lowest BCUT2D eigenvalue weighted by molar-refractivity contribution is -0.136. The summed E-state index contributed by atoms with van der Waals surface area (Å²) < 4.78 is 0. The van der Waals surface area contributed by atoms with E-state index >= 15 is 0 Å². The van der Waals surface area contributed by atoms with Crippen LogP contribution in [0.2, 0.25) is 0 Å². The van der Waals surface area contributed by atoms with E-state index in [1.165, 1.54) is 0 Å². The van der Waals surface area contributed by atoms with Gasteiger partial charge in [0.25, 0.3) is 0 Å². The number of rotatable bonds is 3. The predicted molar refractivity (Wildman–Crippen MR) is 54.3 cm³/mol. The summed E-state index contributed by atoms with van der Waals surface area (Å²) in [5.74, 6) is -0.0441. The molecule has 0 bridgehead atoms. The number of nitrogens with zero attached hydrogens (tertiary/aromatic N) is 2. The number of hydrogen-bond acceptors (Lipinski definition) is 2. The van der Waals surface area contributed by atoms with Gasteiger partial charge in [-0.2, -0.15) is 5.26 Å². The first-order valence-electron chi connectivity index (χ1n) is 4.94. The van der Waals surface area contributed by atoms with E-state index in [0.29, 0.717) is 19.4 Å². The van der Waals surface area contributed by atoms with Gasteiger partial charge in [0.2, 0.25) is 5.91 Å². The fraction of sp³-hybridized carbons (Fsp3) is 0.636. The molecule has 1 saturated carbocycles. The van der Waals surface area contributed by atoms with Gasteiger partial charge in [0.05, 0.1) is 6.07 Å². The van der Waals surface area contributed by atoms with Crippen molar-refractivity contribution in [2.75, 3.05) is 13.6 Å². The van der Waals surface area contributed by atoms with Crippen molar-refractivity contribution >= 4 is 5.91 Å². The van der Waals surface area contributed by atoms with Crippen molar-refractivity contribution in [2.45, 2.75) is 25.7 Å². The van der Waals surface area contributed by atoms with Crippen LogP contribution in [0.3, 0.4) is 0 Å². The maximum atomic E-state index is 11.9. The van der Waals surface area contributed by atoms with Gasteiger partial charge in [-0.1, -0.05) is 18.9 Å². The van der Waals surface area contributed by atoms with Crippen molar-refractivity contribution in [1.29, 1.82) is 5.26 Å². The minimum absolute atomic E-state index is 0.0441. The second-order valence-electron chi connectivity index (χ2n) is 3.88. The summed E-state index contributed by atoms with van der Waals surface area (Å²) in [5, 5.41) is 9.08. The summed E-state index contributed by atoms with van der Waals surface area (Å²) in [6, 6.07) is 2.19. The Morgan fingerprint density at radius 1 is 1.64 bits per heavy atom. The maximum absolute atomic E-state index is 11.9. The molecule has 0 aromatic heterocycles. The minimum atomic E-state index is -0.738. The van der Waals surface area contributed by atoms with E-state index < -0.39 is 5.41 Å². The third-order valence-electron chi connectivity index (χ3n) is 2.83. The highest BCUT2D eigenvalue weighted by Crippen LogP contribution is 2.38. The first kappa shape index (κ1) is 10.8. The molecule has 1 rings (SSSR count). The molecule has 0 unspecified atom stereocenters. The molecule has 3 nitrogen and oxygen atoms in total. The molecule has 76 valence electrons. The maximum Gasteiger partial charge on any atom is 0.243 e. The summed E-state index contributed by atoms with van der Waals surface area (Å²) in [4.78, 5) is 13.5. The third-order valence-corrected chi connectivity index (χ3v) is 2.83. The molecule has 1 fully saturated rings. The molecule has 0 spiro atoms. The topological polar surface area (TPSA) is 44.1 Å². The van der Waals surface area contributed by atoms with Crippen LogP contribution < -0.4 is 0 Å². The smallest absolute Gasteiger partial charge is 0.243 e. The van der Waals surface area contributed by atoms with Gasteiger partial charge in [0, 0.05) is 13.6 Å². The standard InChI is InChI=1S/C11H16N2O/c1-3-8-13(2)10(14)11(9-12)6-4-5-7-11/h3H,1,4-8H2,2H3. The van der Waals surface area contributed by atoms with Gasteiger partial charge in [-0.3, -0.25) is 4.79 Å². The van der Waals surface area contributed by atoms with Gasteiger partial charge in [-0.05, 0) is 12.8 Å². The Morgan fingerprint density at radius 2 is 2.21 bits per heavy atom. The zero-order valence-corrected chi connectivity index (χ0v) is 8.62. The van der Waals surface area contributed by atoms with Gasteiger partial charge >= 0.3 is 0 Å². The molecule has 0 aromatic rings. The van der Waals surface area contributed by atoms with Crippen LogP contribution >= 0.6 is 0 Å². The van der Waals surface area contributed by atoms with Crippen molar-refractivity contribution < 1.29 is 4.79 Å². The van der Waals surface area contributed by atoms with Crippen LogP contribution in [0.15, 0.2) is 12.7 Å². The Kier molecular flexibility index (Phi) is 3.29. The monoisotopic (exact) mass is 192 g/mol. The van der Waals surface area contributed by atoms with Crippen molar-refractivity contribution in [2.24, 2.45) is 5.41 Å². The van der Waals surface area contributed by atoms with E-state index in [1.54, 1.807) is 18.0 Å². The lowest BCUT2D eigenvalue weighted by Crippen LogP contribution is -2.39.